The van der Waals surface area contributed by atoms with Gasteiger partial charge in [0.25, 0.3) is 17.7 Å². The Hall–Kier alpha value is -4.25. The summed E-state index contributed by atoms with van der Waals surface area (Å²) in [5, 5.41) is 20.2. The third-order valence-electron chi connectivity index (χ3n) is 4.16. The predicted octanol–water partition coefficient (Wildman–Crippen LogP) is 2.66. The second-order valence-electron chi connectivity index (χ2n) is 5.96. The number of anilines is 1. The highest BCUT2D eigenvalue weighted by Crippen LogP contribution is 2.27. The summed E-state index contributed by atoms with van der Waals surface area (Å²) in [7, 11) is 0. The van der Waals surface area contributed by atoms with Gasteiger partial charge >= 0.3 is 5.97 Å². The van der Waals surface area contributed by atoms with Crippen molar-refractivity contribution < 1.29 is 24.3 Å². The van der Waals surface area contributed by atoms with Gasteiger partial charge in [-0.1, -0.05) is 0 Å². The highest BCUT2D eigenvalue weighted by atomic mass is 16.4. The first kappa shape index (κ1) is 18.5. The van der Waals surface area contributed by atoms with Crippen LogP contribution in [-0.4, -0.2) is 33.7 Å². The molecule has 3 rings (SSSR count). The number of rotatable bonds is 4. The van der Waals surface area contributed by atoms with E-state index in [1.165, 1.54) is 49.4 Å². The molecular formula is C20H13N3O5. The van der Waals surface area contributed by atoms with Crippen LogP contribution >= 0.6 is 0 Å². The summed E-state index contributed by atoms with van der Waals surface area (Å²) in [6, 6.07) is 11.5. The van der Waals surface area contributed by atoms with Crippen molar-refractivity contribution in [3.63, 3.8) is 0 Å². The first-order valence-corrected chi connectivity index (χ1v) is 8.07. The number of imide groups is 1. The summed E-state index contributed by atoms with van der Waals surface area (Å²) in [6.07, 6.45) is 1.09. The Balaban J connectivity index is 1.85. The lowest BCUT2D eigenvalue weighted by atomic mass is 10.1. The molecule has 1 heterocycles. The van der Waals surface area contributed by atoms with Crippen LogP contribution in [0.25, 0.3) is 0 Å². The average Bonchev–Trinajstić information content (AvgIpc) is 2.92. The lowest BCUT2D eigenvalue weighted by Crippen LogP contribution is -2.27. The Morgan fingerprint density at radius 3 is 2.25 bits per heavy atom. The minimum atomic E-state index is -1.08. The largest absolute Gasteiger partial charge is 0.478 e. The van der Waals surface area contributed by atoms with Gasteiger partial charge in [0.2, 0.25) is 0 Å². The molecule has 0 atom stereocenters. The summed E-state index contributed by atoms with van der Waals surface area (Å²) in [4.78, 5) is 49.1. The molecule has 0 spiro atoms. The van der Waals surface area contributed by atoms with Gasteiger partial charge in [-0.25, -0.2) is 9.69 Å². The number of carbonyl (C=O) groups is 4. The minimum absolute atomic E-state index is 0.0737. The summed E-state index contributed by atoms with van der Waals surface area (Å²) in [6.45, 7) is 1.47. The van der Waals surface area contributed by atoms with E-state index in [0.29, 0.717) is 5.69 Å². The van der Waals surface area contributed by atoms with Crippen LogP contribution in [0.2, 0.25) is 0 Å². The second kappa shape index (κ2) is 7.17. The van der Waals surface area contributed by atoms with Crippen LogP contribution in [0.5, 0.6) is 0 Å². The fraction of sp³-hybridized carbons (Fsp3) is 0.0500. The molecule has 3 amide bonds. The van der Waals surface area contributed by atoms with Gasteiger partial charge in [-0.3, -0.25) is 14.4 Å². The molecule has 138 valence electrons. The molecule has 0 aromatic heterocycles. The smallest absolute Gasteiger partial charge is 0.335 e. The number of allylic oxidation sites excluding steroid dienone is 2. The third-order valence-corrected chi connectivity index (χ3v) is 4.16. The van der Waals surface area contributed by atoms with Gasteiger partial charge < -0.3 is 10.4 Å². The number of hydrogen-bond donors (Lipinski definition) is 2. The van der Waals surface area contributed by atoms with Crippen molar-refractivity contribution in [2.24, 2.45) is 0 Å². The highest BCUT2D eigenvalue weighted by Gasteiger charge is 2.37. The van der Waals surface area contributed by atoms with Crippen LogP contribution in [0, 0.1) is 11.3 Å². The van der Waals surface area contributed by atoms with Crippen LogP contribution in [0.1, 0.15) is 48.4 Å². The van der Waals surface area contributed by atoms with Crippen molar-refractivity contribution in [1.82, 2.24) is 4.90 Å². The van der Waals surface area contributed by atoms with E-state index < -0.39 is 23.7 Å². The van der Waals surface area contributed by atoms with Gasteiger partial charge in [0.15, 0.2) is 0 Å². The Kier molecular flexibility index (Phi) is 4.75. The summed E-state index contributed by atoms with van der Waals surface area (Å²) in [5.74, 6) is -2.76. The first-order chi connectivity index (χ1) is 13.3. The van der Waals surface area contributed by atoms with E-state index in [1.54, 1.807) is 6.07 Å². The fourth-order valence-corrected chi connectivity index (χ4v) is 2.76. The molecule has 0 unspecified atom stereocenters. The van der Waals surface area contributed by atoms with Gasteiger partial charge in [0.1, 0.15) is 0 Å². The second-order valence-corrected chi connectivity index (χ2v) is 5.96. The molecule has 0 saturated carbocycles. The van der Waals surface area contributed by atoms with E-state index in [9.17, 15) is 19.2 Å². The number of nitriles is 1. The lowest BCUT2D eigenvalue weighted by Gasteiger charge is -2.12. The molecule has 0 bridgehead atoms. The van der Waals surface area contributed by atoms with Gasteiger partial charge in [-0.15, -0.1) is 0 Å². The molecule has 28 heavy (non-hydrogen) atoms. The predicted molar refractivity (Wildman–Crippen MR) is 97.7 cm³/mol. The molecule has 1 aliphatic heterocycles. The zero-order valence-electron chi connectivity index (χ0n) is 14.6. The Morgan fingerprint density at radius 1 is 1.04 bits per heavy atom. The SMILES string of the molecule is C/C(=C\C#N)N1C(=O)c2ccc(C(=O)Nc3ccc(C(=O)O)cc3)cc2C1=O. The van der Waals surface area contributed by atoms with Crippen molar-refractivity contribution in [2.75, 3.05) is 5.32 Å². The number of hydrogen-bond acceptors (Lipinski definition) is 5. The maximum atomic E-state index is 12.5. The number of fused-ring (bicyclic) bond motifs is 1. The third kappa shape index (κ3) is 3.24. The summed E-state index contributed by atoms with van der Waals surface area (Å²) >= 11 is 0. The normalized spacial score (nSPS) is 13.1. The van der Waals surface area contributed by atoms with Crippen molar-refractivity contribution in [3.8, 4) is 6.07 Å². The minimum Gasteiger partial charge on any atom is -0.478 e. The molecule has 2 aromatic rings. The number of carbonyl (C=O) groups excluding carboxylic acids is 3. The molecule has 8 heteroatoms. The molecule has 0 fully saturated rings. The van der Waals surface area contributed by atoms with Crippen molar-refractivity contribution in [2.45, 2.75) is 6.92 Å². The number of carboxylic acid groups (broad SMARTS) is 1. The fourth-order valence-electron chi connectivity index (χ4n) is 2.76. The number of nitrogens with one attached hydrogen (secondary N) is 1. The quantitative estimate of drug-likeness (QED) is 0.625. The Bertz CT molecular complexity index is 1090. The van der Waals surface area contributed by atoms with E-state index in [2.05, 4.69) is 5.32 Å². The number of carboxylic acids is 1. The van der Waals surface area contributed by atoms with Gasteiger partial charge in [-0.2, -0.15) is 5.26 Å². The maximum absolute atomic E-state index is 12.5. The number of benzene rings is 2. The molecule has 0 aliphatic carbocycles. The summed E-state index contributed by atoms with van der Waals surface area (Å²) < 4.78 is 0. The first-order valence-electron chi connectivity index (χ1n) is 8.07. The van der Waals surface area contributed by atoms with E-state index in [-0.39, 0.29) is 28.0 Å². The molecule has 2 N–H and O–H groups in total. The molecule has 0 saturated heterocycles. The Morgan fingerprint density at radius 2 is 1.64 bits per heavy atom. The van der Waals surface area contributed by atoms with E-state index in [4.69, 9.17) is 10.4 Å². The molecule has 2 aromatic carbocycles. The molecule has 0 radical (unpaired) electrons. The van der Waals surface area contributed by atoms with E-state index in [1.807, 2.05) is 0 Å². The van der Waals surface area contributed by atoms with E-state index in [0.717, 1.165) is 11.0 Å². The summed E-state index contributed by atoms with van der Waals surface area (Å²) in [5.41, 5.74) is 1.04. The zero-order chi connectivity index (χ0) is 20.4. The number of nitrogens with zero attached hydrogens (tertiary/aromatic N) is 2. The van der Waals surface area contributed by atoms with Gasteiger partial charge in [0.05, 0.1) is 22.8 Å². The molecule has 1 aliphatic rings. The van der Waals surface area contributed by atoms with Crippen molar-refractivity contribution in [3.05, 3.63) is 76.5 Å². The van der Waals surface area contributed by atoms with Crippen LogP contribution in [0.15, 0.2) is 54.2 Å². The maximum Gasteiger partial charge on any atom is 0.335 e. The van der Waals surface area contributed by atoms with Gasteiger partial charge in [-0.05, 0) is 49.4 Å². The number of aromatic carboxylic acids is 1. The van der Waals surface area contributed by atoms with Crippen LogP contribution < -0.4 is 5.32 Å². The van der Waals surface area contributed by atoms with Crippen molar-refractivity contribution in [1.29, 1.82) is 5.26 Å². The van der Waals surface area contributed by atoms with Crippen LogP contribution in [0.4, 0.5) is 5.69 Å². The highest BCUT2D eigenvalue weighted by molar-refractivity contribution is 6.23. The topological polar surface area (TPSA) is 128 Å². The number of amides is 3. The zero-order valence-corrected chi connectivity index (χ0v) is 14.6. The van der Waals surface area contributed by atoms with Crippen LogP contribution in [0.3, 0.4) is 0 Å². The monoisotopic (exact) mass is 375 g/mol. The lowest BCUT2D eigenvalue weighted by molar-refractivity contribution is 0.0687. The van der Waals surface area contributed by atoms with Crippen molar-refractivity contribution >= 4 is 29.4 Å². The molecule has 8 nitrogen and oxygen atoms in total. The van der Waals surface area contributed by atoms with Crippen LogP contribution in [-0.2, 0) is 0 Å². The van der Waals surface area contributed by atoms with Gasteiger partial charge in [0, 0.05) is 23.0 Å². The van der Waals surface area contributed by atoms with E-state index >= 15 is 0 Å². The molecular weight excluding hydrogens is 362 g/mol. The standard InChI is InChI=1S/C20H13N3O5/c1-11(8-9-21)23-18(25)15-7-4-13(10-16(15)19(23)26)17(24)22-14-5-2-12(3-6-14)20(27)28/h2-8,10H,1H3,(H,22,24)(H,27,28)/b11-8+. The average molecular weight is 375 g/mol. The Labute approximate surface area is 159 Å².